The second-order valence-corrected chi connectivity index (χ2v) is 8.00. The fraction of sp³-hybridized carbons (Fsp3) is 0. The summed E-state index contributed by atoms with van der Waals surface area (Å²) in [5.41, 5.74) is 0. The van der Waals surface area contributed by atoms with Crippen LogP contribution in [0.25, 0.3) is 12.2 Å². The van der Waals surface area contributed by atoms with E-state index in [1.807, 2.05) is 22.9 Å². The van der Waals surface area contributed by atoms with Gasteiger partial charge in [0.05, 0.1) is 0 Å². The highest BCUT2D eigenvalue weighted by molar-refractivity contribution is 8.80. The quantitative estimate of drug-likeness (QED) is 0.541. The first kappa shape index (κ1) is 16.9. The summed E-state index contributed by atoms with van der Waals surface area (Å²) in [5, 5.41) is 22.1. The molecule has 0 atom stereocenters. The second-order valence-electron chi connectivity index (χ2n) is 3.82. The fourth-order valence-electron chi connectivity index (χ4n) is 1.34. The highest BCUT2D eigenvalue weighted by atomic mass is 33.1. The van der Waals surface area contributed by atoms with Crippen molar-refractivity contribution in [2.24, 2.45) is 0 Å². The zero-order valence-electron chi connectivity index (χ0n) is 11.0. The molecular weight excluding hydrogens is 360 g/mol. The van der Waals surface area contributed by atoms with Gasteiger partial charge in [-0.3, -0.25) is 0 Å². The van der Waals surface area contributed by atoms with Gasteiger partial charge in [-0.05, 0) is 56.6 Å². The Hall–Kier alpha value is -1.48. The minimum atomic E-state index is -1.08. The number of carbonyl (C=O) groups is 2. The zero-order valence-corrected chi connectivity index (χ0v) is 14.2. The summed E-state index contributed by atoms with van der Waals surface area (Å²) >= 11 is 2.84. The summed E-state index contributed by atoms with van der Waals surface area (Å²) in [4.78, 5) is 24.3. The number of hydrogen-bond acceptors (Lipinski definition) is 6. The van der Waals surface area contributed by atoms with Gasteiger partial charge in [-0.1, -0.05) is 12.1 Å². The number of aliphatic carboxylic acids is 2. The van der Waals surface area contributed by atoms with E-state index >= 15 is 0 Å². The summed E-state index contributed by atoms with van der Waals surface area (Å²) in [7, 11) is 1.85. The average molecular weight is 370 g/mol. The normalized spacial score (nSPS) is 12.4. The van der Waals surface area contributed by atoms with Gasteiger partial charge in [-0.15, -0.1) is 22.7 Å². The largest absolute Gasteiger partial charge is 0.477 e. The van der Waals surface area contributed by atoms with Gasteiger partial charge in [0.25, 0.3) is 0 Å². The number of hydrogen-bond donors (Lipinski definition) is 2. The first-order valence-corrected chi connectivity index (χ1v) is 9.78. The van der Waals surface area contributed by atoms with Crippen LogP contribution in [0, 0.1) is 0 Å². The van der Waals surface area contributed by atoms with Gasteiger partial charge in [0.2, 0.25) is 0 Å². The molecule has 0 bridgehead atoms. The molecule has 0 aliphatic rings. The van der Waals surface area contributed by atoms with Crippen molar-refractivity contribution in [2.75, 3.05) is 0 Å². The van der Waals surface area contributed by atoms with Crippen molar-refractivity contribution in [1.29, 1.82) is 0 Å². The Bertz CT molecular complexity index is 637. The minimum absolute atomic E-state index is 0.0887. The molecule has 22 heavy (non-hydrogen) atoms. The molecular formula is C14H10O4S4. The van der Waals surface area contributed by atoms with Crippen molar-refractivity contribution in [3.8, 4) is 0 Å². The molecule has 0 saturated carbocycles. The van der Waals surface area contributed by atoms with Crippen molar-refractivity contribution in [3.05, 3.63) is 54.6 Å². The molecule has 2 heterocycles. The van der Waals surface area contributed by atoms with E-state index < -0.39 is 11.9 Å². The second kappa shape index (κ2) is 8.23. The molecule has 0 spiro atoms. The van der Waals surface area contributed by atoms with E-state index in [0.717, 1.165) is 31.3 Å². The Labute approximate surface area is 142 Å². The molecule has 2 N–H and O–H groups in total. The molecule has 0 aliphatic heterocycles. The van der Waals surface area contributed by atoms with Gasteiger partial charge in [-0.2, -0.15) is 0 Å². The molecule has 0 unspecified atom stereocenters. The van der Waals surface area contributed by atoms with Crippen LogP contribution >= 0.6 is 44.3 Å². The average Bonchev–Trinajstić information content (AvgIpc) is 3.14. The predicted octanol–water partition coefficient (Wildman–Crippen LogP) is 4.74. The summed E-state index contributed by atoms with van der Waals surface area (Å²) in [6.45, 7) is 0. The monoisotopic (exact) mass is 370 g/mol. The summed E-state index contributed by atoms with van der Waals surface area (Å²) in [5.74, 6) is -2.15. The third-order valence-electron chi connectivity index (χ3n) is 2.28. The molecule has 0 fully saturated rings. The lowest BCUT2D eigenvalue weighted by Gasteiger charge is -2.02. The van der Waals surface area contributed by atoms with Crippen molar-refractivity contribution < 1.29 is 19.8 Å². The van der Waals surface area contributed by atoms with Gasteiger partial charge in [-0.25, -0.2) is 9.59 Å². The van der Waals surface area contributed by atoms with Crippen LogP contribution in [0.15, 0.2) is 44.8 Å². The van der Waals surface area contributed by atoms with Crippen LogP contribution in [0.4, 0.5) is 0 Å². The van der Waals surface area contributed by atoms with Crippen molar-refractivity contribution in [1.82, 2.24) is 0 Å². The van der Waals surface area contributed by atoms with E-state index in [4.69, 9.17) is 0 Å². The van der Waals surface area contributed by atoms with E-state index in [0.29, 0.717) is 0 Å². The van der Waals surface area contributed by atoms with Gasteiger partial charge in [0.15, 0.2) is 0 Å². The van der Waals surface area contributed by atoms with Crippen LogP contribution in [-0.4, -0.2) is 22.2 Å². The fourth-order valence-corrected chi connectivity index (χ4v) is 4.73. The van der Waals surface area contributed by atoms with Crippen LogP contribution in [0.2, 0.25) is 0 Å². The third-order valence-corrected chi connectivity index (χ3v) is 6.27. The van der Waals surface area contributed by atoms with Crippen LogP contribution in [0.3, 0.4) is 0 Å². The van der Waals surface area contributed by atoms with Crippen molar-refractivity contribution >= 4 is 68.4 Å². The topological polar surface area (TPSA) is 74.6 Å². The molecule has 0 radical (unpaired) electrons. The van der Waals surface area contributed by atoms with E-state index in [-0.39, 0.29) is 9.81 Å². The number of carboxylic acid groups (broad SMARTS) is 2. The first-order valence-electron chi connectivity index (χ1n) is 5.88. The molecule has 0 saturated heterocycles. The van der Waals surface area contributed by atoms with Gasteiger partial charge in [0.1, 0.15) is 9.81 Å². The van der Waals surface area contributed by atoms with Crippen molar-refractivity contribution in [3.63, 3.8) is 0 Å². The maximum Gasteiger partial charge on any atom is 0.343 e. The van der Waals surface area contributed by atoms with Crippen LogP contribution < -0.4 is 0 Å². The summed E-state index contributed by atoms with van der Waals surface area (Å²) in [6, 6.07) is 7.26. The SMILES string of the molecule is O=C(O)/C(=C/c1cccs1)SS/C(=C\c1cccs1)C(=O)O. The van der Waals surface area contributed by atoms with Crippen molar-refractivity contribution in [2.45, 2.75) is 0 Å². The number of thiophene rings is 2. The van der Waals surface area contributed by atoms with Crippen LogP contribution in [0.1, 0.15) is 9.75 Å². The molecule has 2 aromatic rings. The Morgan fingerprint density at radius 1 is 0.864 bits per heavy atom. The van der Waals surface area contributed by atoms with E-state index in [1.54, 1.807) is 12.1 Å². The predicted molar refractivity (Wildman–Crippen MR) is 95.0 cm³/mol. The lowest BCUT2D eigenvalue weighted by Crippen LogP contribution is -1.98. The molecule has 114 valence electrons. The molecule has 0 aromatic carbocycles. The molecule has 8 heteroatoms. The Kier molecular flexibility index (Phi) is 6.32. The molecule has 0 aliphatic carbocycles. The zero-order chi connectivity index (χ0) is 15.9. The lowest BCUT2D eigenvalue weighted by molar-refractivity contribution is -0.132. The molecule has 2 aromatic heterocycles. The Morgan fingerprint density at radius 2 is 1.27 bits per heavy atom. The highest BCUT2D eigenvalue weighted by Gasteiger charge is 2.15. The maximum atomic E-state index is 11.3. The standard InChI is InChI=1S/C14H10O4S4/c15-13(16)11(7-9-3-1-5-19-9)21-22-12(14(17)18)8-10-4-2-6-20-10/h1-8H,(H,15,16)(H,17,18)/b11-7-,12-8-. The maximum absolute atomic E-state index is 11.3. The Balaban J connectivity index is 2.13. The van der Waals surface area contributed by atoms with Gasteiger partial charge >= 0.3 is 11.9 Å². The smallest absolute Gasteiger partial charge is 0.343 e. The van der Waals surface area contributed by atoms with Gasteiger partial charge < -0.3 is 10.2 Å². The minimum Gasteiger partial charge on any atom is -0.477 e. The number of rotatable bonds is 7. The number of carboxylic acids is 2. The van der Waals surface area contributed by atoms with E-state index in [2.05, 4.69) is 0 Å². The highest BCUT2D eigenvalue weighted by Crippen LogP contribution is 2.39. The van der Waals surface area contributed by atoms with Crippen LogP contribution in [-0.2, 0) is 9.59 Å². The van der Waals surface area contributed by atoms with Gasteiger partial charge in [0, 0.05) is 9.75 Å². The third kappa shape index (κ3) is 5.06. The summed E-state index contributed by atoms with van der Waals surface area (Å²) in [6.07, 6.45) is 3.07. The molecule has 2 rings (SSSR count). The van der Waals surface area contributed by atoms with E-state index in [1.165, 1.54) is 34.8 Å². The summed E-state index contributed by atoms with van der Waals surface area (Å²) < 4.78 is 0. The molecule has 4 nitrogen and oxygen atoms in total. The Morgan fingerprint density at radius 3 is 1.55 bits per heavy atom. The lowest BCUT2D eigenvalue weighted by atomic mass is 10.4. The first-order chi connectivity index (χ1) is 10.6. The molecule has 0 amide bonds. The van der Waals surface area contributed by atoms with Crippen LogP contribution in [0.5, 0.6) is 0 Å². The van der Waals surface area contributed by atoms with E-state index in [9.17, 15) is 19.8 Å².